The molecule has 1 aromatic rings. The highest BCUT2D eigenvalue weighted by molar-refractivity contribution is 5.29. The molecule has 0 bridgehead atoms. The third kappa shape index (κ3) is 2.00. The molecule has 3 rings (SSSR count). The molecule has 0 spiro atoms. The molecule has 86 valence electrons. The molecule has 2 nitrogen and oxygen atoms in total. The quantitative estimate of drug-likeness (QED) is 0.820. The van der Waals surface area contributed by atoms with Crippen LogP contribution in [-0.4, -0.2) is 26.3 Å². The second-order valence-corrected chi connectivity index (χ2v) is 4.94. The molecule has 0 aliphatic carbocycles. The summed E-state index contributed by atoms with van der Waals surface area (Å²) in [5, 5.41) is 3.47. The van der Waals surface area contributed by atoms with Crippen molar-refractivity contribution in [3.05, 3.63) is 35.4 Å². The van der Waals surface area contributed by atoms with Crippen LogP contribution < -0.4 is 5.32 Å². The topological polar surface area (TPSA) is 21.3 Å². The van der Waals surface area contributed by atoms with Gasteiger partial charge in [-0.05, 0) is 36.4 Å². The second kappa shape index (κ2) is 4.56. The van der Waals surface area contributed by atoms with Crippen LogP contribution in [0.5, 0.6) is 0 Å². The van der Waals surface area contributed by atoms with E-state index < -0.39 is 0 Å². The Balaban J connectivity index is 1.70. The van der Waals surface area contributed by atoms with Gasteiger partial charge in [-0.15, -0.1) is 0 Å². The maximum Gasteiger partial charge on any atom is 0.0557 e. The average molecular weight is 217 g/mol. The Morgan fingerprint density at radius 3 is 2.19 bits per heavy atom. The molecule has 2 heterocycles. The summed E-state index contributed by atoms with van der Waals surface area (Å²) >= 11 is 0. The van der Waals surface area contributed by atoms with E-state index in [-0.39, 0.29) is 0 Å². The molecule has 0 radical (unpaired) electrons. The number of benzene rings is 1. The van der Waals surface area contributed by atoms with Crippen molar-refractivity contribution in [1.82, 2.24) is 5.32 Å². The third-order valence-corrected chi connectivity index (χ3v) is 3.81. The monoisotopic (exact) mass is 217 g/mol. The number of hydrogen-bond acceptors (Lipinski definition) is 2. The molecule has 2 aliphatic rings. The Labute approximate surface area is 97.0 Å². The van der Waals surface area contributed by atoms with Gasteiger partial charge in [0.05, 0.1) is 13.2 Å². The number of hydrogen-bond donors (Lipinski definition) is 1. The van der Waals surface area contributed by atoms with E-state index in [9.17, 15) is 0 Å². The maximum absolute atomic E-state index is 5.23. The zero-order valence-corrected chi connectivity index (χ0v) is 9.61. The summed E-state index contributed by atoms with van der Waals surface area (Å²) in [6, 6.07) is 9.20. The van der Waals surface area contributed by atoms with Gasteiger partial charge in [0.15, 0.2) is 0 Å². The fraction of sp³-hybridized carbons (Fsp3) is 0.571. The van der Waals surface area contributed by atoms with Gasteiger partial charge in [0.1, 0.15) is 0 Å². The highest BCUT2D eigenvalue weighted by Crippen LogP contribution is 2.27. The Hall–Kier alpha value is -0.860. The molecule has 16 heavy (non-hydrogen) atoms. The van der Waals surface area contributed by atoms with E-state index in [1.54, 1.807) is 0 Å². The van der Waals surface area contributed by atoms with E-state index in [1.807, 2.05) is 0 Å². The summed E-state index contributed by atoms with van der Waals surface area (Å²) in [5.41, 5.74) is 2.94. The zero-order chi connectivity index (χ0) is 10.8. The predicted molar refractivity (Wildman–Crippen MR) is 64.8 cm³/mol. The third-order valence-electron chi connectivity index (χ3n) is 3.81. The summed E-state index contributed by atoms with van der Waals surface area (Å²) in [7, 11) is 0. The summed E-state index contributed by atoms with van der Waals surface area (Å²) in [4.78, 5) is 0. The summed E-state index contributed by atoms with van der Waals surface area (Å²) < 4.78 is 5.23. The van der Waals surface area contributed by atoms with Gasteiger partial charge >= 0.3 is 0 Å². The SMILES string of the molecule is c1cc(C2COC2)ccc1C1CCCNC1. The Morgan fingerprint density at radius 1 is 1.00 bits per heavy atom. The second-order valence-electron chi connectivity index (χ2n) is 4.94. The van der Waals surface area contributed by atoms with Gasteiger partial charge < -0.3 is 10.1 Å². The number of ether oxygens (including phenoxy) is 1. The van der Waals surface area contributed by atoms with Crippen LogP contribution in [-0.2, 0) is 4.74 Å². The molecular weight excluding hydrogens is 198 g/mol. The van der Waals surface area contributed by atoms with Crippen LogP contribution in [0.2, 0.25) is 0 Å². The minimum absolute atomic E-state index is 0.651. The Kier molecular flexibility index (Phi) is 2.94. The lowest BCUT2D eigenvalue weighted by molar-refractivity contribution is 0.00841. The van der Waals surface area contributed by atoms with E-state index >= 15 is 0 Å². The van der Waals surface area contributed by atoms with Crippen LogP contribution in [0.1, 0.15) is 35.8 Å². The van der Waals surface area contributed by atoms with Crippen molar-refractivity contribution in [1.29, 1.82) is 0 Å². The fourth-order valence-electron chi connectivity index (χ4n) is 2.60. The van der Waals surface area contributed by atoms with Crippen molar-refractivity contribution in [2.45, 2.75) is 24.7 Å². The molecule has 2 saturated heterocycles. The first kappa shape index (κ1) is 10.3. The summed E-state index contributed by atoms with van der Waals surface area (Å²) in [6.07, 6.45) is 2.64. The van der Waals surface area contributed by atoms with Gasteiger partial charge in [0.2, 0.25) is 0 Å². The van der Waals surface area contributed by atoms with Gasteiger partial charge in [-0.1, -0.05) is 24.3 Å². The molecular formula is C14H19NO. The molecule has 1 aromatic carbocycles. The van der Waals surface area contributed by atoms with Crippen molar-refractivity contribution in [2.24, 2.45) is 0 Å². The molecule has 2 fully saturated rings. The smallest absolute Gasteiger partial charge is 0.0557 e. The number of piperidine rings is 1. The first-order chi connectivity index (χ1) is 7.93. The van der Waals surface area contributed by atoms with Crippen molar-refractivity contribution in [3.63, 3.8) is 0 Å². The van der Waals surface area contributed by atoms with Crippen LogP contribution in [0.4, 0.5) is 0 Å². The molecule has 0 aromatic heterocycles. The largest absolute Gasteiger partial charge is 0.380 e. The predicted octanol–water partition coefficient (Wildman–Crippen LogP) is 2.27. The van der Waals surface area contributed by atoms with E-state index in [0.717, 1.165) is 25.7 Å². The van der Waals surface area contributed by atoms with E-state index in [4.69, 9.17) is 4.74 Å². The van der Waals surface area contributed by atoms with Crippen LogP contribution >= 0.6 is 0 Å². The first-order valence-corrected chi connectivity index (χ1v) is 6.32. The first-order valence-electron chi connectivity index (χ1n) is 6.32. The number of rotatable bonds is 2. The van der Waals surface area contributed by atoms with Crippen molar-refractivity contribution in [3.8, 4) is 0 Å². The molecule has 2 heteroatoms. The van der Waals surface area contributed by atoms with Crippen LogP contribution in [0, 0.1) is 0 Å². The molecule has 1 unspecified atom stereocenters. The minimum Gasteiger partial charge on any atom is -0.380 e. The highest BCUT2D eigenvalue weighted by atomic mass is 16.5. The Bertz CT molecular complexity index is 336. The highest BCUT2D eigenvalue weighted by Gasteiger charge is 2.21. The minimum atomic E-state index is 0.651. The van der Waals surface area contributed by atoms with Gasteiger partial charge in [-0.25, -0.2) is 0 Å². The van der Waals surface area contributed by atoms with Gasteiger partial charge in [-0.3, -0.25) is 0 Å². The van der Waals surface area contributed by atoms with Crippen LogP contribution in [0.15, 0.2) is 24.3 Å². The molecule has 1 N–H and O–H groups in total. The molecule has 0 amide bonds. The molecule has 0 saturated carbocycles. The van der Waals surface area contributed by atoms with Crippen LogP contribution in [0.25, 0.3) is 0 Å². The van der Waals surface area contributed by atoms with Gasteiger partial charge in [0, 0.05) is 12.5 Å². The Morgan fingerprint density at radius 2 is 1.69 bits per heavy atom. The molecule has 1 atom stereocenters. The standard InChI is InChI=1S/C14H19NO/c1-2-13(8-15-7-1)11-3-5-12(6-4-11)14-9-16-10-14/h3-6,13-15H,1-2,7-10H2. The molecule has 2 aliphatic heterocycles. The lowest BCUT2D eigenvalue weighted by Gasteiger charge is -2.27. The van der Waals surface area contributed by atoms with Gasteiger partial charge in [-0.2, -0.15) is 0 Å². The van der Waals surface area contributed by atoms with E-state index in [1.165, 1.54) is 30.5 Å². The lowest BCUT2D eigenvalue weighted by Crippen LogP contribution is -2.28. The maximum atomic E-state index is 5.23. The zero-order valence-electron chi connectivity index (χ0n) is 9.61. The normalized spacial score (nSPS) is 26.4. The number of nitrogens with one attached hydrogen (secondary N) is 1. The van der Waals surface area contributed by atoms with E-state index in [2.05, 4.69) is 29.6 Å². The van der Waals surface area contributed by atoms with Crippen molar-refractivity contribution >= 4 is 0 Å². The lowest BCUT2D eigenvalue weighted by atomic mass is 9.89. The average Bonchev–Trinajstić information content (AvgIpc) is 2.29. The summed E-state index contributed by atoms with van der Waals surface area (Å²) in [5.74, 6) is 1.37. The van der Waals surface area contributed by atoms with Crippen LogP contribution in [0.3, 0.4) is 0 Å². The fourth-order valence-corrected chi connectivity index (χ4v) is 2.60. The van der Waals surface area contributed by atoms with Gasteiger partial charge in [0.25, 0.3) is 0 Å². The van der Waals surface area contributed by atoms with Crippen molar-refractivity contribution < 1.29 is 4.74 Å². The van der Waals surface area contributed by atoms with E-state index in [0.29, 0.717) is 5.92 Å². The summed E-state index contributed by atoms with van der Waals surface area (Å²) in [6.45, 7) is 4.15. The van der Waals surface area contributed by atoms with Crippen molar-refractivity contribution in [2.75, 3.05) is 26.3 Å².